The van der Waals surface area contributed by atoms with Crippen LogP contribution in [0.25, 0.3) is 11.3 Å². The molecule has 0 aliphatic heterocycles. The van der Waals surface area contributed by atoms with Crippen LogP contribution in [-0.4, -0.2) is 12.2 Å². The van der Waals surface area contributed by atoms with E-state index in [1.807, 2.05) is 37.4 Å². The number of aromatic nitrogens is 1. The lowest BCUT2D eigenvalue weighted by Gasteiger charge is -1.97. The van der Waals surface area contributed by atoms with E-state index < -0.39 is 0 Å². The first-order chi connectivity index (χ1) is 7.31. The van der Waals surface area contributed by atoms with Crippen molar-refractivity contribution in [2.45, 2.75) is 6.54 Å². The normalized spacial score (nSPS) is 10.5. The van der Waals surface area contributed by atoms with Gasteiger partial charge in [0.1, 0.15) is 0 Å². The number of hydrogen-bond acceptors (Lipinski definition) is 3. The van der Waals surface area contributed by atoms with Gasteiger partial charge >= 0.3 is 0 Å². The lowest BCUT2D eigenvalue weighted by molar-refractivity contribution is 0.421. The number of nitrogens with one attached hydrogen (secondary N) is 1. The first-order valence-corrected chi connectivity index (χ1v) is 5.45. The molecule has 2 rings (SSSR count). The second-order valence-electron chi connectivity index (χ2n) is 3.19. The Morgan fingerprint density at radius 2 is 2.20 bits per heavy atom. The second kappa shape index (κ2) is 4.59. The van der Waals surface area contributed by atoms with Crippen LogP contribution in [0, 0.1) is 0 Å². The van der Waals surface area contributed by atoms with Gasteiger partial charge in [-0.15, -0.1) is 0 Å². The average molecular weight is 267 g/mol. The zero-order valence-electron chi connectivity index (χ0n) is 8.33. The summed E-state index contributed by atoms with van der Waals surface area (Å²) in [6, 6.07) is 9.86. The van der Waals surface area contributed by atoms with Crippen LogP contribution in [0.1, 0.15) is 5.69 Å². The maximum Gasteiger partial charge on any atom is 0.168 e. The number of rotatable bonds is 3. The fourth-order valence-electron chi connectivity index (χ4n) is 1.36. The van der Waals surface area contributed by atoms with E-state index in [-0.39, 0.29) is 0 Å². The summed E-state index contributed by atoms with van der Waals surface area (Å²) in [5.74, 6) is 0.785. The van der Waals surface area contributed by atoms with E-state index in [0.717, 1.165) is 21.5 Å². The molecule has 78 valence electrons. The fraction of sp³-hybridized carbons (Fsp3) is 0.182. The van der Waals surface area contributed by atoms with Gasteiger partial charge in [0, 0.05) is 22.6 Å². The fourth-order valence-corrected chi connectivity index (χ4v) is 1.84. The Labute approximate surface area is 96.6 Å². The van der Waals surface area contributed by atoms with E-state index in [4.69, 9.17) is 4.52 Å². The van der Waals surface area contributed by atoms with Gasteiger partial charge in [-0.2, -0.15) is 0 Å². The molecule has 1 N–H and O–H groups in total. The highest BCUT2D eigenvalue weighted by atomic mass is 79.9. The molecule has 1 aromatic heterocycles. The van der Waals surface area contributed by atoms with Crippen LogP contribution in [0.15, 0.2) is 39.3 Å². The van der Waals surface area contributed by atoms with Crippen molar-refractivity contribution >= 4 is 15.9 Å². The topological polar surface area (TPSA) is 38.1 Å². The Morgan fingerprint density at radius 1 is 1.40 bits per heavy atom. The first-order valence-electron chi connectivity index (χ1n) is 4.66. The van der Waals surface area contributed by atoms with Crippen molar-refractivity contribution in [1.29, 1.82) is 0 Å². The van der Waals surface area contributed by atoms with Crippen molar-refractivity contribution in [3.05, 3.63) is 40.5 Å². The maximum absolute atomic E-state index is 5.26. The van der Waals surface area contributed by atoms with E-state index in [9.17, 15) is 0 Å². The first kappa shape index (κ1) is 10.4. The molecule has 3 nitrogen and oxygen atoms in total. The molecule has 0 atom stereocenters. The van der Waals surface area contributed by atoms with Crippen molar-refractivity contribution in [3.63, 3.8) is 0 Å². The summed E-state index contributed by atoms with van der Waals surface area (Å²) in [6.07, 6.45) is 0. The van der Waals surface area contributed by atoms with Crippen LogP contribution in [0.3, 0.4) is 0 Å². The largest absolute Gasteiger partial charge is 0.356 e. The van der Waals surface area contributed by atoms with Gasteiger partial charge in [-0.05, 0) is 19.2 Å². The molecule has 0 aliphatic rings. The third-order valence-corrected chi connectivity index (χ3v) is 2.75. The minimum absolute atomic E-state index is 0.716. The Kier molecular flexibility index (Phi) is 3.18. The predicted molar refractivity (Wildman–Crippen MR) is 62.4 cm³/mol. The van der Waals surface area contributed by atoms with Crippen molar-refractivity contribution in [2.75, 3.05) is 7.05 Å². The highest BCUT2D eigenvalue weighted by Crippen LogP contribution is 2.28. The van der Waals surface area contributed by atoms with Gasteiger partial charge in [-0.25, -0.2) is 0 Å². The van der Waals surface area contributed by atoms with Crippen molar-refractivity contribution in [2.24, 2.45) is 0 Å². The lowest BCUT2D eigenvalue weighted by Crippen LogP contribution is -2.04. The quantitative estimate of drug-likeness (QED) is 0.929. The van der Waals surface area contributed by atoms with E-state index in [0.29, 0.717) is 6.54 Å². The third kappa shape index (κ3) is 2.27. The van der Waals surface area contributed by atoms with Crippen LogP contribution in [0.2, 0.25) is 0 Å². The van der Waals surface area contributed by atoms with Crippen LogP contribution in [0.5, 0.6) is 0 Å². The third-order valence-electron chi connectivity index (χ3n) is 2.06. The highest BCUT2D eigenvalue weighted by molar-refractivity contribution is 9.10. The van der Waals surface area contributed by atoms with Crippen LogP contribution >= 0.6 is 15.9 Å². The minimum atomic E-state index is 0.716. The maximum atomic E-state index is 5.26. The molecule has 0 unspecified atom stereocenters. The molecule has 15 heavy (non-hydrogen) atoms. The summed E-state index contributed by atoms with van der Waals surface area (Å²) in [5, 5.41) is 6.99. The van der Waals surface area contributed by atoms with E-state index in [1.165, 1.54) is 0 Å². The molecule has 0 saturated carbocycles. The molecule has 0 amide bonds. The van der Waals surface area contributed by atoms with Crippen LogP contribution in [0.4, 0.5) is 0 Å². The summed E-state index contributed by atoms with van der Waals surface area (Å²) in [4.78, 5) is 0. The van der Waals surface area contributed by atoms with E-state index in [2.05, 4.69) is 26.4 Å². The second-order valence-corrected chi connectivity index (χ2v) is 4.05. The van der Waals surface area contributed by atoms with Gasteiger partial charge in [0.25, 0.3) is 0 Å². The number of hydrogen-bond donors (Lipinski definition) is 1. The summed E-state index contributed by atoms with van der Waals surface area (Å²) in [7, 11) is 1.88. The molecule has 2 aromatic rings. The Balaban J connectivity index is 2.33. The molecule has 0 fully saturated rings. The smallest absolute Gasteiger partial charge is 0.168 e. The summed E-state index contributed by atoms with van der Waals surface area (Å²) >= 11 is 3.48. The van der Waals surface area contributed by atoms with E-state index >= 15 is 0 Å². The number of halogens is 1. The zero-order valence-corrected chi connectivity index (χ0v) is 9.91. The van der Waals surface area contributed by atoms with Crippen molar-refractivity contribution in [3.8, 4) is 11.3 Å². The molecule has 0 spiro atoms. The van der Waals surface area contributed by atoms with Gasteiger partial charge in [0.15, 0.2) is 5.76 Å². The zero-order chi connectivity index (χ0) is 10.7. The molecule has 1 heterocycles. The molecule has 4 heteroatoms. The van der Waals surface area contributed by atoms with Gasteiger partial charge < -0.3 is 9.84 Å². The van der Waals surface area contributed by atoms with Crippen molar-refractivity contribution < 1.29 is 4.52 Å². The molecule has 1 aromatic carbocycles. The molecule has 0 bridgehead atoms. The summed E-state index contributed by atoms with van der Waals surface area (Å²) < 4.78 is 6.28. The molecular weight excluding hydrogens is 256 g/mol. The van der Waals surface area contributed by atoms with Gasteiger partial charge in [-0.3, -0.25) is 0 Å². The highest BCUT2D eigenvalue weighted by Gasteiger charge is 2.08. The predicted octanol–water partition coefficient (Wildman–Crippen LogP) is 2.82. The van der Waals surface area contributed by atoms with Crippen LogP contribution in [-0.2, 0) is 6.54 Å². The Morgan fingerprint density at radius 3 is 2.93 bits per heavy atom. The van der Waals surface area contributed by atoms with Gasteiger partial charge in [-0.1, -0.05) is 33.2 Å². The Bertz CT molecular complexity index is 453. The summed E-state index contributed by atoms with van der Waals surface area (Å²) in [5.41, 5.74) is 1.93. The van der Waals surface area contributed by atoms with Gasteiger partial charge in [0.05, 0.1) is 5.69 Å². The number of nitrogens with zero attached hydrogens (tertiary/aromatic N) is 1. The summed E-state index contributed by atoms with van der Waals surface area (Å²) in [6.45, 7) is 0.716. The minimum Gasteiger partial charge on any atom is -0.356 e. The molecule has 0 saturated heterocycles. The molecule has 0 aliphatic carbocycles. The Hall–Kier alpha value is -1.13. The van der Waals surface area contributed by atoms with E-state index in [1.54, 1.807) is 0 Å². The SMILES string of the molecule is CNCc1cc(-c2ccccc2Br)on1. The van der Waals surface area contributed by atoms with Crippen LogP contribution < -0.4 is 5.32 Å². The monoisotopic (exact) mass is 266 g/mol. The van der Waals surface area contributed by atoms with Gasteiger partial charge in [0.2, 0.25) is 0 Å². The molecule has 0 radical (unpaired) electrons. The standard InChI is InChI=1S/C11H11BrN2O/c1-13-7-8-6-11(15-14-8)9-4-2-3-5-10(9)12/h2-6,13H,7H2,1H3. The molecular formula is C11H11BrN2O. The number of benzene rings is 1. The lowest BCUT2D eigenvalue weighted by atomic mass is 10.1. The average Bonchev–Trinajstić information content (AvgIpc) is 2.68. The van der Waals surface area contributed by atoms with Crippen molar-refractivity contribution in [1.82, 2.24) is 10.5 Å².